The van der Waals surface area contributed by atoms with Gasteiger partial charge < -0.3 is 4.74 Å². The molecule has 34 heavy (non-hydrogen) atoms. The Morgan fingerprint density at radius 2 is 1.94 bits per heavy atom. The molecule has 4 heterocycles. The van der Waals surface area contributed by atoms with Crippen molar-refractivity contribution in [2.75, 3.05) is 6.61 Å². The molecule has 6 rings (SSSR count). The van der Waals surface area contributed by atoms with Gasteiger partial charge in [0.25, 0.3) is 0 Å². The van der Waals surface area contributed by atoms with Crippen LogP contribution in [0.2, 0.25) is 0 Å². The molecular weight excluding hydrogens is 444 g/mol. The minimum absolute atomic E-state index is 0.176. The molecule has 9 nitrogen and oxygen atoms in total. The van der Waals surface area contributed by atoms with E-state index >= 15 is 0 Å². The van der Waals surface area contributed by atoms with Crippen molar-refractivity contribution in [3.8, 4) is 17.8 Å². The number of fused-ring (bicyclic) bond motifs is 3. The van der Waals surface area contributed by atoms with Gasteiger partial charge in [-0.05, 0) is 30.3 Å². The SMILES string of the molecule is N#CCn1c(=O)n([C@@H]2CCOc3ccc(F)cc32)c2nc(-n3cnc4ccc(F)cc43)ncc21. The lowest BCUT2D eigenvalue weighted by Gasteiger charge is -2.26. The molecule has 0 unspecified atom stereocenters. The van der Waals surface area contributed by atoms with Crippen LogP contribution in [-0.4, -0.2) is 35.3 Å². The van der Waals surface area contributed by atoms with Gasteiger partial charge in [-0.15, -0.1) is 0 Å². The maximum atomic E-state index is 14.1. The quantitative estimate of drug-likeness (QED) is 0.411. The highest BCUT2D eigenvalue weighted by Gasteiger charge is 2.29. The van der Waals surface area contributed by atoms with Gasteiger partial charge in [-0.25, -0.2) is 23.5 Å². The van der Waals surface area contributed by atoms with E-state index in [1.807, 2.05) is 6.07 Å². The predicted molar refractivity (Wildman–Crippen MR) is 117 cm³/mol. The van der Waals surface area contributed by atoms with Crippen molar-refractivity contribution in [3.05, 3.63) is 76.6 Å². The number of benzene rings is 2. The maximum absolute atomic E-state index is 14.1. The Labute approximate surface area is 190 Å². The minimum Gasteiger partial charge on any atom is -0.493 e. The van der Waals surface area contributed by atoms with E-state index in [0.717, 1.165) is 0 Å². The molecule has 0 bridgehead atoms. The van der Waals surface area contributed by atoms with Gasteiger partial charge in [-0.2, -0.15) is 10.2 Å². The Morgan fingerprint density at radius 1 is 1.12 bits per heavy atom. The first-order valence-corrected chi connectivity index (χ1v) is 10.4. The van der Waals surface area contributed by atoms with Crippen LogP contribution in [0.1, 0.15) is 18.0 Å². The molecule has 1 aliphatic rings. The molecule has 168 valence electrons. The number of rotatable bonds is 3. The largest absolute Gasteiger partial charge is 0.493 e. The number of nitriles is 1. The second kappa shape index (κ2) is 7.48. The Kier molecular flexibility index (Phi) is 4.41. The number of aromatic nitrogens is 6. The number of hydrogen-bond acceptors (Lipinski definition) is 6. The third-order valence-electron chi connectivity index (χ3n) is 5.94. The molecule has 0 radical (unpaired) electrons. The highest BCUT2D eigenvalue weighted by molar-refractivity contribution is 5.78. The Hall–Kier alpha value is -4.59. The van der Waals surface area contributed by atoms with Crippen LogP contribution >= 0.6 is 0 Å². The summed E-state index contributed by atoms with van der Waals surface area (Å²) in [5, 5.41) is 9.29. The molecule has 0 spiro atoms. The van der Waals surface area contributed by atoms with E-state index in [1.165, 1.54) is 56.6 Å². The summed E-state index contributed by atoms with van der Waals surface area (Å²) in [6.07, 6.45) is 3.32. The Balaban J connectivity index is 1.61. The van der Waals surface area contributed by atoms with Crippen molar-refractivity contribution < 1.29 is 13.5 Å². The molecule has 0 aliphatic carbocycles. The summed E-state index contributed by atoms with van der Waals surface area (Å²) in [6, 6.07) is 9.77. The van der Waals surface area contributed by atoms with Crippen LogP contribution in [0.3, 0.4) is 0 Å². The number of halogens is 2. The average molecular weight is 459 g/mol. The van der Waals surface area contributed by atoms with Crippen LogP contribution in [0.25, 0.3) is 28.1 Å². The minimum atomic E-state index is -0.561. The molecule has 0 amide bonds. The summed E-state index contributed by atoms with van der Waals surface area (Å²) in [5.41, 5.74) is 1.69. The fourth-order valence-corrected chi connectivity index (χ4v) is 4.42. The van der Waals surface area contributed by atoms with Crippen molar-refractivity contribution >= 4 is 22.2 Å². The predicted octanol–water partition coefficient (Wildman–Crippen LogP) is 3.11. The van der Waals surface area contributed by atoms with Gasteiger partial charge in [0.15, 0.2) is 5.65 Å². The highest BCUT2D eigenvalue weighted by atomic mass is 19.1. The van der Waals surface area contributed by atoms with Crippen LogP contribution in [0.15, 0.2) is 53.7 Å². The zero-order valence-corrected chi connectivity index (χ0v) is 17.5. The van der Waals surface area contributed by atoms with Crippen molar-refractivity contribution in [3.63, 3.8) is 0 Å². The summed E-state index contributed by atoms with van der Waals surface area (Å²) in [6.45, 7) is 0.119. The summed E-state index contributed by atoms with van der Waals surface area (Å²) >= 11 is 0. The van der Waals surface area contributed by atoms with Crippen LogP contribution in [0.4, 0.5) is 8.78 Å². The van der Waals surface area contributed by atoms with Crippen LogP contribution < -0.4 is 10.4 Å². The third-order valence-corrected chi connectivity index (χ3v) is 5.94. The zero-order valence-electron chi connectivity index (χ0n) is 17.5. The van der Waals surface area contributed by atoms with Crippen molar-refractivity contribution in [1.82, 2.24) is 28.7 Å². The van der Waals surface area contributed by atoms with Crippen LogP contribution in [0, 0.1) is 23.0 Å². The number of hydrogen-bond donors (Lipinski definition) is 0. The number of nitrogens with zero attached hydrogens (tertiary/aromatic N) is 7. The lowest BCUT2D eigenvalue weighted by Crippen LogP contribution is -2.31. The molecule has 1 aliphatic heterocycles. The first-order chi connectivity index (χ1) is 16.5. The number of imidazole rings is 2. The monoisotopic (exact) mass is 459 g/mol. The zero-order chi connectivity index (χ0) is 23.4. The second-order valence-electron chi connectivity index (χ2n) is 7.86. The van der Waals surface area contributed by atoms with Gasteiger partial charge in [0, 0.05) is 18.1 Å². The van der Waals surface area contributed by atoms with Gasteiger partial charge in [-0.3, -0.25) is 13.7 Å². The van der Waals surface area contributed by atoms with Crippen molar-refractivity contribution in [2.45, 2.75) is 19.0 Å². The molecule has 0 fully saturated rings. The smallest absolute Gasteiger partial charge is 0.331 e. The molecule has 2 aromatic carbocycles. The van der Waals surface area contributed by atoms with E-state index < -0.39 is 23.4 Å². The van der Waals surface area contributed by atoms with E-state index in [0.29, 0.717) is 40.9 Å². The summed E-state index contributed by atoms with van der Waals surface area (Å²) < 4.78 is 37.9. The van der Waals surface area contributed by atoms with Crippen LogP contribution in [-0.2, 0) is 6.54 Å². The maximum Gasteiger partial charge on any atom is 0.331 e. The van der Waals surface area contributed by atoms with Gasteiger partial charge in [0.05, 0.1) is 35.9 Å². The summed E-state index contributed by atoms with van der Waals surface area (Å²) in [5.74, 6) is -0.232. The van der Waals surface area contributed by atoms with Crippen LogP contribution in [0.5, 0.6) is 5.75 Å². The lowest BCUT2D eigenvalue weighted by atomic mass is 10.00. The van der Waals surface area contributed by atoms with Crippen molar-refractivity contribution in [2.24, 2.45) is 0 Å². The normalized spacial score (nSPS) is 15.3. The topological polar surface area (TPSA) is 104 Å². The summed E-state index contributed by atoms with van der Waals surface area (Å²) in [7, 11) is 0. The standard InChI is InChI=1S/C23H15F2N7O2/c24-13-2-4-20-15(9-13)17(5-8-34-20)32-21-19(30(7-6-26)23(32)33)11-27-22(29-21)31-12-28-16-3-1-14(25)10-18(16)31/h1-4,9-12,17H,5,7-8H2/t17-/m1/s1. The Morgan fingerprint density at radius 3 is 2.79 bits per heavy atom. The van der Waals surface area contributed by atoms with Gasteiger partial charge >= 0.3 is 5.69 Å². The number of ether oxygens (including phenoxy) is 1. The van der Waals surface area contributed by atoms with E-state index in [9.17, 15) is 18.8 Å². The molecular formula is C23H15F2N7O2. The molecule has 0 saturated heterocycles. The molecule has 11 heteroatoms. The fraction of sp³-hybridized carbons (Fsp3) is 0.174. The van der Waals surface area contributed by atoms with E-state index in [2.05, 4.69) is 15.0 Å². The molecule has 1 atom stereocenters. The van der Waals surface area contributed by atoms with E-state index in [1.54, 1.807) is 6.07 Å². The van der Waals surface area contributed by atoms with Gasteiger partial charge in [0.1, 0.15) is 35.8 Å². The lowest BCUT2D eigenvalue weighted by molar-refractivity contribution is 0.255. The molecule has 0 saturated carbocycles. The van der Waals surface area contributed by atoms with Crippen molar-refractivity contribution in [1.29, 1.82) is 5.26 Å². The van der Waals surface area contributed by atoms with Gasteiger partial charge in [0.2, 0.25) is 5.95 Å². The first kappa shape index (κ1) is 20.0. The fourth-order valence-electron chi connectivity index (χ4n) is 4.42. The third kappa shape index (κ3) is 2.96. The van der Waals surface area contributed by atoms with E-state index in [-0.39, 0.29) is 18.1 Å². The first-order valence-electron chi connectivity index (χ1n) is 10.4. The second-order valence-corrected chi connectivity index (χ2v) is 7.86. The molecule has 5 aromatic rings. The molecule has 0 N–H and O–H groups in total. The summed E-state index contributed by atoms with van der Waals surface area (Å²) in [4.78, 5) is 26.7. The molecule has 3 aromatic heterocycles. The highest BCUT2D eigenvalue weighted by Crippen LogP contribution is 2.36. The van der Waals surface area contributed by atoms with E-state index in [4.69, 9.17) is 4.74 Å². The Bertz CT molecular complexity index is 1700. The van der Waals surface area contributed by atoms with Gasteiger partial charge in [-0.1, -0.05) is 0 Å². The average Bonchev–Trinajstić information content (AvgIpc) is 3.37.